The van der Waals surface area contributed by atoms with Crippen LogP contribution >= 0.6 is 0 Å². The maximum atomic E-state index is 12.3. The smallest absolute Gasteiger partial charge is 0.340 e. The number of esters is 2. The third-order valence-corrected chi connectivity index (χ3v) is 6.12. The molecule has 3 N–H and O–H groups in total. The molecule has 0 aromatic rings. The molecule has 3 rings (SSSR count). The summed E-state index contributed by atoms with van der Waals surface area (Å²) in [5, 5.41) is 29.4. The van der Waals surface area contributed by atoms with Crippen molar-refractivity contribution in [2.24, 2.45) is 23.7 Å². The van der Waals surface area contributed by atoms with E-state index in [0.717, 1.165) is 5.57 Å². The van der Waals surface area contributed by atoms with Crippen molar-refractivity contribution >= 4 is 11.9 Å². The molecule has 144 valence electrons. The van der Waals surface area contributed by atoms with Gasteiger partial charge in [-0.05, 0) is 24.8 Å². The summed E-state index contributed by atoms with van der Waals surface area (Å²) in [6.45, 7) is 10.2. The molecule has 7 heteroatoms. The van der Waals surface area contributed by atoms with Gasteiger partial charge in [-0.1, -0.05) is 25.7 Å². The molecule has 3 aliphatic rings. The van der Waals surface area contributed by atoms with Crippen LogP contribution in [0.5, 0.6) is 0 Å². The van der Waals surface area contributed by atoms with Crippen LogP contribution < -0.4 is 0 Å². The summed E-state index contributed by atoms with van der Waals surface area (Å²) < 4.78 is 11.1. The molecule has 3 fully saturated rings. The zero-order valence-corrected chi connectivity index (χ0v) is 15.1. The number of aliphatic hydroxyl groups excluding tert-OH is 2. The van der Waals surface area contributed by atoms with E-state index in [0.29, 0.717) is 18.4 Å². The van der Waals surface area contributed by atoms with E-state index in [2.05, 4.69) is 13.2 Å². The van der Waals surface area contributed by atoms with Crippen molar-refractivity contribution < 1.29 is 34.4 Å². The van der Waals surface area contributed by atoms with E-state index in [-0.39, 0.29) is 17.8 Å². The van der Waals surface area contributed by atoms with E-state index in [1.807, 2.05) is 0 Å². The van der Waals surface area contributed by atoms with Crippen molar-refractivity contribution in [1.82, 2.24) is 0 Å². The maximum absolute atomic E-state index is 12.3. The molecule has 8 atom stereocenters. The lowest BCUT2D eigenvalue weighted by molar-refractivity contribution is -0.177. The first-order valence-corrected chi connectivity index (χ1v) is 8.87. The van der Waals surface area contributed by atoms with E-state index in [1.165, 1.54) is 6.92 Å². The Labute approximate surface area is 152 Å². The van der Waals surface area contributed by atoms with Crippen molar-refractivity contribution in [1.29, 1.82) is 0 Å². The average Bonchev–Trinajstić information content (AvgIpc) is 2.99. The molecule has 2 saturated carbocycles. The molecule has 2 aliphatic carbocycles. The van der Waals surface area contributed by atoms with E-state index >= 15 is 0 Å². The minimum Gasteiger partial charge on any atom is -0.461 e. The highest BCUT2D eigenvalue weighted by Gasteiger charge is 2.58. The number of fused-ring (bicyclic) bond motifs is 3. The summed E-state index contributed by atoms with van der Waals surface area (Å²) >= 11 is 0. The van der Waals surface area contributed by atoms with Gasteiger partial charge in [-0.15, -0.1) is 0 Å². The molecule has 0 spiro atoms. The predicted octanol–water partition coefficient (Wildman–Crippen LogP) is 0.332. The Balaban J connectivity index is 1.95. The van der Waals surface area contributed by atoms with Crippen molar-refractivity contribution in [2.45, 2.75) is 50.6 Å². The second kappa shape index (κ2) is 6.48. The Hall–Kier alpha value is -1.70. The molecule has 26 heavy (non-hydrogen) atoms. The number of hydrogen-bond donors (Lipinski definition) is 3. The topological polar surface area (TPSA) is 113 Å². The zero-order valence-electron chi connectivity index (χ0n) is 15.1. The average molecular weight is 366 g/mol. The van der Waals surface area contributed by atoms with Crippen LogP contribution in [0, 0.1) is 23.7 Å². The Morgan fingerprint density at radius 2 is 2.08 bits per heavy atom. The van der Waals surface area contributed by atoms with Crippen molar-refractivity contribution in [2.75, 3.05) is 6.61 Å². The highest BCUT2D eigenvalue weighted by molar-refractivity contribution is 5.79. The highest BCUT2D eigenvalue weighted by atomic mass is 16.6. The third-order valence-electron chi connectivity index (χ3n) is 6.12. The fourth-order valence-electron chi connectivity index (χ4n) is 4.48. The molecule has 0 radical (unpaired) electrons. The summed E-state index contributed by atoms with van der Waals surface area (Å²) in [6.07, 6.45) is -1.20. The van der Waals surface area contributed by atoms with Crippen molar-refractivity contribution in [3.63, 3.8) is 0 Å². The van der Waals surface area contributed by atoms with Crippen LogP contribution in [0.25, 0.3) is 0 Å². The van der Waals surface area contributed by atoms with Crippen LogP contribution in [0.4, 0.5) is 0 Å². The zero-order chi connectivity index (χ0) is 19.4. The van der Waals surface area contributed by atoms with Crippen LogP contribution in [-0.4, -0.2) is 57.8 Å². The van der Waals surface area contributed by atoms with Gasteiger partial charge in [0.2, 0.25) is 0 Å². The van der Waals surface area contributed by atoms with Crippen LogP contribution in [0.3, 0.4) is 0 Å². The Bertz CT molecular complexity index is 652. The van der Waals surface area contributed by atoms with Gasteiger partial charge in [0, 0.05) is 18.3 Å². The molecule has 0 unspecified atom stereocenters. The molecule has 0 aromatic heterocycles. The third kappa shape index (κ3) is 2.88. The van der Waals surface area contributed by atoms with Crippen molar-refractivity contribution in [3.8, 4) is 0 Å². The lowest BCUT2D eigenvalue weighted by Crippen LogP contribution is -2.45. The molecule has 1 saturated heterocycles. The van der Waals surface area contributed by atoms with Crippen molar-refractivity contribution in [3.05, 3.63) is 24.3 Å². The van der Waals surface area contributed by atoms with Gasteiger partial charge in [-0.25, -0.2) is 4.79 Å². The normalized spacial score (nSPS) is 41.7. The summed E-state index contributed by atoms with van der Waals surface area (Å²) in [5.74, 6) is -2.64. The lowest BCUT2D eigenvalue weighted by Gasteiger charge is -2.31. The number of hydrogen-bond acceptors (Lipinski definition) is 7. The fourth-order valence-corrected chi connectivity index (χ4v) is 4.48. The SMILES string of the molecule is C=C1[C@@H]2[C@H]3OC(=O)[C@@H](C)[C@@H]3[C@@H](OC(=O)[C@@](C)(O)CO)CC(=C)[C@@H]2C[C@@H]1O. The molecular weight excluding hydrogens is 340 g/mol. The summed E-state index contributed by atoms with van der Waals surface area (Å²) in [6, 6.07) is 0. The van der Waals surface area contributed by atoms with Crippen LogP contribution in [0.1, 0.15) is 26.7 Å². The summed E-state index contributed by atoms with van der Waals surface area (Å²) in [7, 11) is 0. The lowest BCUT2D eigenvalue weighted by atomic mass is 9.79. The summed E-state index contributed by atoms with van der Waals surface area (Å²) in [5.41, 5.74) is -0.611. The second-order valence-electron chi connectivity index (χ2n) is 7.96. The number of ether oxygens (including phenoxy) is 2. The van der Waals surface area contributed by atoms with E-state index in [9.17, 15) is 24.9 Å². The predicted molar refractivity (Wildman–Crippen MR) is 90.6 cm³/mol. The first-order chi connectivity index (χ1) is 12.1. The Morgan fingerprint density at radius 1 is 1.42 bits per heavy atom. The fraction of sp³-hybridized carbons (Fsp3) is 0.684. The van der Waals surface area contributed by atoms with Gasteiger partial charge in [0.1, 0.15) is 12.2 Å². The van der Waals surface area contributed by atoms with Gasteiger partial charge in [0.15, 0.2) is 5.60 Å². The van der Waals surface area contributed by atoms with Gasteiger partial charge in [0.25, 0.3) is 0 Å². The summed E-state index contributed by atoms with van der Waals surface area (Å²) in [4.78, 5) is 24.5. The van der Waals surface area contributed by atoms with Gasteiger partial charge >= 0.3 is 11.9 Å². The van der Waals surface area contributed by atoms with Crippen LogP contribution in [0.15, 0.2) is 24.3 Å². The minimum atomic E-state index is -2.02. The first kappa shape index (κ1) is 19.1. The van der Waals surface area contributed by atoms with Gasteiger partial charge in [-0.2, -0.15) is 0 Å². The monoisotopic (exact) mass is 366 g/mol. The number of carbonyl (C=O) groups excluding carboxylic acids is 2. The van der Waals surface area contributed by atoms with E-state index in [1.54, 1.807) is 6.92 Å². The number of aliphatic hydroxyl groups is 3. The molecule has 1 aliphatic heterocycles. The largest absolute Gasteiger partial charge is 0.461 e. The van der Waals surface area contributed by atoms with E-state index in [4.69, 9.17) is 9.47 Å². The van der Waals surface area contributed by atoms with Crippen LogP contribution in [-0.2, 0) is 19.1 Å². The van der Waals surface area contributed by atoms with Gasteiger partial charge in [-0.3, -0.25) is 4.79 Å². The molecule has 0 aromatic carbocycles. The highest BCUT2D eigenvalue weighted by Crippen LogP contribution is 2.52. The molecule has 7 nitrogen and oxygen atoms in total. The Kier molecular flexibility index (Phi) is 4.75. The standard InChI is InChI=1S/C19H26O7/c1-8-5-13(25-18(23)19(4,24)7-20)15-10(3)17(22)26-16(15)14-9(2)12(21)6-11(8)14/h10-16,20-21,24H,1-2,5-7H2,3-4H3/t10-,11-,12-,13-,14-,15+,16+,19-/m0/s1. The molecule has 1 heterocycles. The number of carbonyl (C=O) groups is 2. The molecule has 0 bridgehead atoms. The number of rotatable bonds is 3. The minimum absolute atomic E-state index is 0.106. The quantitative estimate of drug-likeness (QED) is 0.487. The second-order valence-corrected chi connectivity index (χ2v) is 7.96. The van der Waals surface area contributed by atoms with Gasteiger partial charge in [0.05, 0.1) is 18.6 Å². The molecular formula is C19H26O7. The maximum Gasteiger partial charge on any atom is 0.340 e. The first-order valence-electron chi connectivity index (χ1n) is 8.87. The van der Waals surface area contributed by atoms with Crippen LogP contribution in [0.2, 0.25) is 0 Å². The van der Waals surface area contributed by atoms with E-state index < -0.39 is 48.3 Å². The van der Waals surface area contributed by atoms with Gasteiger partial charge < -0.3 is 24.8 Å². The molecule has 0 amide bonds. The Morgan fingerprint density at radius 3 is 2.69 bits per heavy atom.